The van der Waals surface area contributed by atoms with Gasteiger partial charge in [-0.1, -0.05) is 25.7 Å². The van der Waals surface area contributed by atoms with Crippen molar-refractivity contribution < 1.29 is 4.39 Å². The van der Waals surface area contributed by atoms with E-state index in [9.17, 15) is 4.39 Å². The molecule has 15 heavy (non-hydrogen) atoms. The van der Waals surface area contributed by atoms with Gasteiger partial charge in [-0.05, 0) is 18.4 Å². The first-order valence-corrected chi connectivity index (χ1v) is 5.70. The topological polar surface area (TPSA) is 24.9 Å². The van der Waals surface area contributed by atoms with Crippen LogP contribution >= 0.6 is 0 Å². The molecule has 0 unspecified atom stereocenters. The zero-order valence-corrected chi connectivity index (χ0v) is 8.88. The van der Waals surface area contributed by atoms with Gasteiger partial charge in [0, 0.05) is 24.5 Å². The zero-order valence-electron chi connectivity index (χ0n) is 8.88. The minimum atomic E-state index is -0.416. The van der Waals surface area contributed by atoms with Gasteiger partial charge >= 0.3 is 0 Å². The summed E-state index contributed by atoms with van der Waals surface area (Å²) >= 11 is 0. The number of rotatable bonds is 4. The number of hydrogen-bond donors (Lipinski definition) is 1. The Labute approximate surface area is 89.9 Å². The fourth-order valence-electron chi connectivity index (χ4n) is 2.23. The largest absolute Gasteiger partial charge is 0.385 e. The van der Waals surface area contributed by atoms with Gasteiger partial charge in [0.1, 0.15) is 0 Å². The van der Waals surface area contributed by atoms with Crippen LogP contribution in [0.2, 0.25) is 0 Å². The van der Waals surface area contributed by atoms with Crippen LogP contribution in [0.1, 0.15) is 32.1 Å². The van der Waals surface area contributed by atoms with E-state index >= 15 is 0 Å². The molecule has 0 spiro atoms. The van der Waals surface area contributed by atoms with E-state index in [-0.39, 0.29) is 0 Å². The number of nitrogens with zero attached hydrogens (tertiary/aromatic N) is 1. The summed E-state index contributed by atoms with van der Waals surface area (Å²) in [7, 11) is 0. The molecule has 1 aromatic rings. The first kappa shape index (κ1) is 10.4. The summed E-state index contributed by atoms with van der Waals surface area (Å²) in [6, 6.07) is 3.24. The van der Waals surface area contributed by atoms with Crippen LogP contribution in [0.4, 0.5) is 10.1 Å². The van der Waals surface area contributed by atoms with Gasteiger partial charge in [-0.15, -0.1) is 0 Å². The van der Waals surface area contributed by atoms with Gasteiger partial charge in [-0.2, -0.15) is 4.39 Å². The number of aromatic nitrogens is 1. The van der Waals surface area contributed by atoms with E-state index in [1.165, 1.54) is 44.4 Å². The second-order valence-corrected chi connectivity index (χ2v) is 4.23. The molecule has 0 aliphatic heterocycles. The van der Waals surface area contributed by atoms with Gasteiger partial charge in [0.25, 0.3) is 0 Å². The Balaban J connectivity index is 1.73. The summed E-state index contributed by atoms with van der Waals surface area (Å²) in [6.45, 7) is 0.939. The smallest absolute Gasteiger partial charge is 0.214 e. The highest BCUT2D eigenvalue weighted by molar-refractivity contribution is 5.40. The molecule has 0 saturated heterocycles. The highest BCUT2D eigenvalue weighted by Gasteiger charge is 2.13. The molecule has 0 atom stereocenters. The summed E-state index contributed by atoms with van der Waals surface area (Å²) in [4.78, 5) is 3.52. The predicted octanol–water partition coefficient (Wildman–Crippen LogP) is 3.21. The van der Waals surface area contributed by atoms with Crippen molar-refractivity contribution in [1.29, 1.82) is 0 Å². The Kier molecular flexibility index (Phi) is 3.54. The fourth-order valence-corrected chi connectivity index (χ4v) is 2.23. The Morgan fingerprint density at radius 2 is 2.20 bits per heavy atom. The van der Waals surface area contributed by atoms with Crippen molar-refractivity contribution in [3.63, 3.8) is 0 Å². The molecule has 0 amide bonds. The lowest BCUT2D eigenvalue weighted by Crippen LogP contribution is -2.06. The van der Waals surface area contributed by atoms with Crippen LogP contribution in [0.15, 0.2) is 18.3 Å². The first-order chi connectivity index (χ1) is 7.34. The predicted molar refractivity (Wildman–Crippen MR) is 59.3 cm³/mol. The zero-order chi connectivity index (χ0) is 10.5. The number of nitrogens with one attached hydrogen (secondary N) is 1. The van der Waals surface area contributed by atoms with Crippen LogP contribution in [-0.4, -0.2) is 11.5 Å². The molecule has 1 N–H and O–H groups in total. The maximum atomic E-state index is 12.7. The van der Waals surface area contributed by atoms with Crippen molar-refractivity contribution in [3.8, 4) is 0 Å². The van der Waals surface area contributed by atoms with Crippen LogP contribution in [0.5, 0.6) is 0 Å². The van der Waals surface area contributed by atoms with Crippen LogP contribution in [0.25, 0.3) is 0 Å². The van der Waals surface area contributed by atoms with Crippen molar-refractivity contribution in [2.24, 2.45) is 5.92 Å². The molecule has 2 rings (SSSR count). The highest BCUT2D eigenvalue weighted by atomic mass is 19.1. The van der Waals surface area contributed by atoms with Gasteiger partial charge in [0.15, 0.2) is 0 Å². The van der Waals surface area contributed by atoms with Crippen molar-refractivity contribution >= 4 is 5.69 Å². The molecular formula is C12H17FN2. The molecule has 1 fully saturated rings. The van der Waals surface area contributed by atoms with Gasteiger partial charge in [0.05, 0.1) is 0 Å². The van der Waals surface area contributed by atoms with E-state index in [1.54, 1.807) is 6.07 Å². The van der Waals surface area contributed by atoms with Crippen molar-refractivity contribution in [3.05, 3.63) is 24.3 Å². The molecule has 1 aliphatic carbocycles. The summed E-state index contributed by atoms with van der Waals surface area (Å²) in [5.74, 6) is 0.463. The highest BCUT2D eigenvalue weighted by Crippen LogP contribution is 2.27. The maximum absolute atomic E-state index is 12.7. The summed E-state index contributed by atoms with van der Waals surface area (Å²) in [5.41, 5.74) is 0.834. The number of pyridine rings is 1. The monoisotopic (exact) mass is 208 g/mol. The van der Waals surface area contributed by atoms with Gasteiger partial charge < -0.3 is 5.32 Å². The third-order valence-corrected chi connectivity index (χ3v) is 3.08. The molecule has 1 saturated carbocycles. The molecule has 1 aliphatic rings. The van der Waals surface area contributed by atoms with Crippen molar-refractivity contribution in [2.45, 2.75) is 32.1 Å². The lowest BCUT2D eigenvalue weighted by molar-refractivity contribution is 0.518. The molecule has 0 aromatic carbocycles. The van der Waals surface area contributed by atoms with Gasteiger partial charge in [0.2, 0.25) is 5.95 Å². The van der Waals surface area contributed by atoms with Crippen LogP contribution in [-0.2, 0) is 0 Å². The Bertz CT molecular complexity index is 308. The van der Waals surface area contributed by atoms with Crippen molar-refractivity contribution in [2.75, 3.05) is 11.9 Å². The van der Waals surface area contributed by atoms with E-state index in [0.717, 1.165) is 18.2 Å². The molecule has 0 bridgehead atoms. The molecule has 2 nitrogen and oxygen atoms in total. The van der Waals surface area contributed by atoms with E-state index in [2.05, 4.69) is 10.3 Å². The first-order valence-electron chi connectivity index (χ1n) is 5.70. The SMILES string of the molecule is Fc1cc(NCCC2CCCC2)ccn1. The second kappa shape index (κ2) is 5.10. The number of halogens is 1. The van der Waals surface area contributed by atoms with Gasteiger partial charge in [-0.25, -0.2) is 4.98 Å². The fraction of sp³-hybridized carbons (Fsp3) is 0.583. The average molecular weight is 208 g/mol. The van der Waals surface area contributed by atoms with E-state index in [4.69, 9.17) is 0 Å². The van der Waals surface area contributed by atoms with Crippen LogP contribution in [0, 0.1) is 11.9 Å². The molecule has 82 valence electrons. The van der Waals surface area contributed by atoms with E-state index < -0.39 is 5.95 Å². The average Bonchev–Trinajstić information content (AvgIpc) is 2.71. The summed E-state index contributed by atoms with van der Waals surface area (Å²) in [6.07, 6.45) is 8.19. The molecule has 1 heterocycles. The Morgan fingerprint density at radius 3 is 2.93 bits per heavy atom. The van der Waals surface area contributed by atoms with Crippen LogP contribution in [0.3, 0.4) is 0 Å². The molecule has 3 heteroatoms. The van der Waals surface area contributed by atoms with Gasteiger partial charge in [-0.3, -0.25) is 0 Å². The summed E-state index contributed by atoms with van der Waals surface area (Å²) < 4.78 is 12.7. The Morgan fingerprint density at radius 1 is 1.40 bits per heavy atom. The third kappa shape index (κ3) is 3.18. The van der Waals surface area contributed by atoms with E-state index in [0.29, 0.717) is 0 Å². The molecule has 0 radical (unpaired) electrons. The molecular weight excluding hydrogens is 191 g/mol. The van der Waals surface area contributed by atoms with Crippen molar-refractivity contribution in [1.82, 2.24) is 4.98 Å². The lowest BCUT2D eigenvalue weighted by Gasteiger charge is -2.10. The molecule has 1 aromatic heterocycles. The second-order valence-electron chi connectivity index (χ2n) is 4.23. The Hall–Kier alpha value is -1.12. The number of hydrogen-bond acceptors (Lipinski definition) is 2. The quantitative estimate of drug-likeness (QED) is 0.768. The minimum absolute atomic E-state index is 0.416. The minimum Gasteiger partial charge on any atom is -0.385 e. The van der Waals surface area contributed by atoms with Crippen LogP contribution < -0.4 is 5.32 Å². The number of anilines is 1. The van der Waals surface area contributed by atoms with E-state index in [1.807, 2.05) is 0 Å². The maximum Gasteiger partial charge on any atom is 0.214 e. The standard InChI is InChI=1S/C12H17FN2/c13-12-9-11(6-8-15-12)14-7-5-10-3-1-2-4-10/h6,8-10H,1-5,7H2,(H,14,15). The summed E-state index contributed by atoms with van der Waals surface area (Å²) in [5, 5.41) is 3.23. The lowest BCUT2D eigenvalue weighted by atomic mass is 10.0. The normalized spacial score (nSPS) is 16.9. The third-order valence-electron chi connectivity index (χ3n) is 3.08.